The van der Waals surface area contributed by atoms with Crippen molar-refractivity contribution < 1.29 is 19.1 Å². The van der Waals surface area contributed by atoms with Crippen LogP contribution in [-0.4, -0.2) is 25.2 Å². The third-order valence-corrected chi connectivity index (χ3v) is 2.44. The van der Waals surface area contributed by atoms with Gasteiger partial charge in [-0.2, -0.15) is 0 Å². The first-order valence-electron chi connectivity index (χ1n) is 6.26. The smallest absolute Gasteiger partial charge is 0.310 e. The van der Waals surface area contributed by atoms with Gasteiger partial charge in [0.15, 0.2) is 0 Å². The Morgan fingerprint density at radius 1 is 0.850 bits per heavy atom. The van der Waals surface area contributed by atoms with Gasteiger partial charge in [-0.1, -0.05) is 49.6 Å². The van der Waals surface area contributed by atoms with E-state index in [0.29, 0.717) is 0 Å². The fourth-order valence-electron chi connectivity index (χ4n) is 1.51. The molecule has 0 atom stereocenters. The van der Waals surface area contributed by atoms with Crippen LogP contribution in [-0.2, 0) is 31.9 Å². The van der Waals surface area contributed by atoms with E-state index in [-0.39, 0.29) is 38.0 Å². The maximum Gasteiger partial charge on any atom is 0.310 e. The van der Waals surface area contributed by atoms with Crippen LogP contribution in [0.1, 0.15) is 11.1 Å². The summed E-state index contributed by atoms with van der Waals surface area (Å²) in [4.78, 5) is 22.8. The molecule has 0 spiro atoms. The highest BCUT2D eigenvalue weighted by Crippen LogP contribution is 2.07. The van der Waals surface area contributed by atoms with Gasteiger partial charge in [0.1, 0.15) is 13.2 Å². The lowest BCUT2D eigenvalue weighted by molar-refractivity contribution is -0.142. The van der Waals surface area contributed by atoms with Gasteiger partial charge in [0, 0.05) is 0 Å². The molecule has 0 aliphatic heterocycles. The number of esters is 2. The molecule has 0 saturated carbocycles. The summed E-state index contributed by atoms with van der Waals surface area (Å²) >= 11 is 0. The minimum atomic E-state index is -0.303. The summed E-state index contributed by atoms with van der Waals surface area (Å²) < 4.78 is 9.79. The number of ether oxygens (including phenoxy) is 2. The maximum absolute atomic E-state index is 11.4. The van der Waals surface area contributed by atoms with Crippen molar-refractivity contribution in [1.82, 2.24) is 0 Å². The quantitative estimate of drug-likeness (QED) is 0.539. The van der Waals surface area contributed by atoms with Crippen LogP contribution in [0, 0.1) is 0 Å². The van der Waals surface area contributed by atoms with Crippen molar-refractivity contribution in [3.05, 3.63) is 60.7 Å². The Hall–Kier alpha value is -2.36. The van der Waals surface area contributed by atoms with E-state index in [0.717, 1.165) is 11.1 Å². The van der Waals surface area contributed by atoms with Crippen molar-refractivity contribution >= 4 is 11.9 Å². The van der Waals surface area contributed by atoms with Gasteiger partial charge < -0.3 is 9.47 Å². The van der Waals surface area contributed by atoms with E-state index in [1.54, 1.807) is 24.3 Å². The fourth-order valence-corrected chi connectivity index (χ4v) is 1.51. The number of carbonyl (C=O) groups excluding carboxylic acids is 2. The SMILES string of the molecule is C=CCOC(=O)Cc1ccc(CC(=O)OCC=C)cc1. The summed E-state index contributed by atoms with van der Waals surface area (Å²) in [7, 11) is 0. The van der Waals surface area contributed by atoms with Crippen LogP contribution in [0.2, 0.25) is 0 Å². The Labute approximate surface area is 118 Å². The van der Waals surface area contributed by atoms with Crippen LogP contribution in [0.3, 0.4) is 0 Å². The second kappa shape index (κ2) is 8.69. The van der Waals surface area contributed by atoms with Crippen LogP contribution >= 0.6 is 0 Å². The molecule has 0 bridgehead atoms. The van der Waals surface area contributed by atoms with Gasteiger partial charge in [-0.15, -0.1) is 0 Å². The predicted molar refractivity (Wildman–Crippen MR) is 76.2 cm³/mol. The molecule has 0 aromatic heterocycles. The molecule has 0 fully saturated rings. The third kappa shape index (κ3) is 6.00. The van der Waals surface area contributed by atoms with E-state index in [1.807, 2.05) is 0 Å². The summed E-state index contributed by atoms with van der Waals surface area (Å²) in [5.74, 6) is -0.605. The van der Waals surface area contributed by atoms with Crippen molar-refractivity contribution in [3.63, 3.8) is 0 Å². The van der Waals surface area contributed by atoms with E-state index < -0.39 is 0 Å². The molecule has 1 aromatic rings. The molecular weight excluding hydrogens is 256 g/mol. The Morgan fingerprint density at radius 2 is 1.20 bits per heavy atom. The summed E-state index contributed by atoms with van der Waals surface area (Å²) in [6.45, 7) is 7.37. The standard InChI is InChI=1S/C16H18O4/c1-3-9-19-15(17)11-13-5-7-14(8-6-13)12-16(18)20-10-4-2/h3-8H,1-2,9-12H2. The predicted octanol–water partition coefficient (Wildman–Crippen LogP) is 2.23. The van der Waals surface area contributed by atoms with Crippen LogP contribution < -0.4 is 0 Å². The van der Waals surface area contributed by atoms with Crippen molar-refractivity contribution in [2.45, 2.75) is 12.8 Å². The lowest BCUT2D eigenvalue weighted by atomic mass is 10.1. The van der Waals surface area contributed by atoms with E-state index in [2.05, 4.69) is 13.2 Å². The van der Waals surface area contributed by atoms with E-state index in [4.69, 9.17) is 9.47 Å². The van der Waals surface area contributed by atoms with E-state index in [1.165, 1.54) is 12.2 Å². The molecule has 0 heterocycles. The molecule has 0 aliphatic rings. The topological polar surface area (TPSA) is 52.6 Å². The zero-order chi connectivity index (χ0) is 14.8. The Bertz CT molecular complexity index is 429. The molecule has 0 saturated heterocycles. The van der Waals surface area contributed by atoms with Crippen molar-refractivity contribution in [2.75, 3.05) is 13.2 Å². The van der Waals surface area contributed by atoms with Crippen molar-refractivity contribution in [3.8, 4) is 0 Å². The molecule has 4 heteroatoms. The van der Waals surface area contributed by atoms with Crippen molar-refractivity contribution in [1.29, 1.82) is 0 Å². The normalized spacial score (nSPS) is 9.60. The molecule has 0 unspecified atom stereocenters. The minimum absolute atomic E-state index is 0.203. The number of hydrogen-bond acceptors (Lipinski definition) is 4. The zero-order valence-electron chi connectivity index (χ0n) is 11.3. The second-order valence-corrected chi connectivity index (χ2v) is 4.11. The number of rotatable bonds is 8. The molecule has 1 aromatic carbocycles. The number of carbonyl (C=O) groups is 2. The summed E-state index contributed by atoms with van der Waals surface area (Å²) in [6.07, 6.45) is 3.45. The second-order valence-electron chi connectivity index (χ2n) is 4.11. The lowest BCUT2D eigenvalue weighted by Gasteiger charge is -2.05. The largest absolute Gasteiger partial charge is 0.461 e. The molecule has 0 radical (unpaired) electrons. The highest BCUT2D eigenvalue weighted by atomic mass is 16.5. The highest BCUT2D eigenvalue weighted by molar-refractivity contribution is 5.74. The number of hydrogen-bond donors (Lipinski definition) is 0. The van der Waals surface area contributed by atoms with Gasteiger partial charge in [0.2, 0.25) is 0 Å². The Morgan fingerprint density at radius 3 is 1.50 bits per heavy atom. The zero-order valence-corrected chi connectivity index (χ0v) is 11.3. The summed E-state index contributed by atoms with van der Waals surface area (Å²) in [6, 6.07) is 7.19. The van der Waals surface area contributed by atoms with Gasteiger partial charge in [-0.3, -0.25) is 9.59 Å². The van der Waals surface area contributed by atoms with E-state index >= 15 is 0 Å². The van der Waals surface area contributed by atoms with Crippen LogP contribution in [0.25, 0.3) is 0 Å². The van der Waals surface area contributed by atoms with Crippen LogP contribution in [0.5, 0.6) is 0 Å². The molecule has 0 N–H and O–H groups in total. The molecular formula is C16H18O4. The maximum atomic E-state index is 11.4. The molecule has 0 amide bonds. The molecule has 20 heavy (non-hydrogen) atoms. The van der Waals surface area contributed by atoms with Gasteiger partial charge in [0.05, 0.1) is 12.8 Å². The monoisotopic (exact) mass is 274 g/mol. The Kier molecular flexibility index (Phi) is 6.82. The summed E-state index contributed by atoms with van der Waals surface area (Å²) in [5.41, 5.74) is 1.67. The summed E-state index contributed by atoms with van der Waals surface area (Å²) in [5, 5.41) is 0. The lowest BCUT2D eigenvalue weighted by Crippen LogP contribution is -2.09. The molecule has 1 rings (SSSR count). The highest BCUT2D eigenvalue weighted by Gasteiger charge is 2.06. The first-order chi connectivity index (χ1) is 9.65. The molecule has 106 valence electrons. The van der Waals surface area contributed by atoms with Crippen LogP contribution in [0.4, 0.5) is 0 Å². The fraction of sp³-hybridized carbons (Fsp3) is 0.250. The number of benzene rings is 1. The molecule has 4 nitrogen and oxygen atoms in total. The van der Waals surface area contributed by atoms with E-state index in [9.17, 15) is 9.59 Å². The van der Waals surface area contributed by atoms with Gasteiger partial charge >= 0.3 is 11.9 Å². The van der Waals surface area contributed by atoms with Gasteiger partial charge in [0.25, 0.3) is 0 Å². The average molecular weight is 274 g/mol. The van der Waals surface area contributed by atoms with Gasteiger partial charge in [-0.05, 0) is 11.1 Å². The minimum Gasteiger partial charge on any atom is -0.461 e. The Balaban J connectivity index is 2.47. The average Bonchev–Trinajstić information content (AvgIpc) is 2.45. The van der Waals surface area contributed by atoms with Gasteiger partial charge in [-0.25, -0.2) is 0 Å². The molecule has 0 aliphatic carbocycles. The first-order valence-corrected chi connectivity index (χ1v) is 6.26. The van der Waals surface area contributed by atoms with Crippen LogP contribution in [0.15, 0.2) is 49.6 Å². The first kappa shape index (κ1) is 15.7. The third-order valence-electron chi connectivity index (χ3n) is 2.44. The van der Waals surface area contributed by atoms with Crippen molar-refractivity contribution in [2.24, 2.45) is 0 Å².